The molecule has 3 heterocycles. The molecule has 7 aromatic carbocycles. The van der Waals surface area contributed by atoms with Crippen molar-refractivity contribution in [1.29, 1.82) is 0 Å². The van der Waals surface area contributed by atoms with Crippen LogP contribution in [-0.2, 0) is 15.3 Å². The van der Waals surface area contributed by atoms with Crippen molar-refractivity contribution in [3.05, 3.63) is 211 Å². The summed E-state index contributed by atoms with van der Waals surface area (Å²) in [6.45, 7) is 0. The molecule has 0 bridgehead atoms. The van der Waals surface area contributed by atoms with Gasteiger partial charge in [-0.15, -0.1) is 0 Å². The van der Waals surface area contributed by atoms with E-state index in [1.165, 1.54) is 0 Å². The van der Waals surface area contributed by atoms with Crippen LogP contribution in [-0.4, -0.2) is 23.4 Å². The van der Waals surface area contributed by atoms with E-state index < -0.39 is 15.3 Å². The summed E-state index contributed by atoms with van der Waals surface area (Å²) in [6, 6.07) is 59.1. The molecule has 11 rings (SSSR count). The first-order valence-electron chi connectivity index (χ1n) is 18.6. The molecular weight excluding hydrogens is 707 g/mol. The Morgan fingerprint density at radius 1 is 0.446 bits per heavy atom. The molecule has 1 atom stereocenters. The lowest BCUT2D eigenvalue weighted by molar-refractivity contribution is 0.581. The second-order valence-electron chi connectivity index (χ2n) is 14.3. The zero-order chi connectivity index (χ0) is 37.4. The van der Waals surface area contributed by atoms with E-state index in [0.29, 0.717) is 21.0 Å². The number of benzene rings is 7. The fraction of sp³-hybridized carbons (Fsp3) is 0.0200. The fourth-order valence-electron chi connectivity index (χ4n) is 9.04. The van der Waals surface area contributed by atoms with Gasteiger partial charge in [0.25, 0.3) is 0 Å². The number of rotatable bonds is 3. The summed E-state index contributed by atoms with van der Waals surface area (Å²) in [5, 5.41) is 1.58. The molecule has 1 spiro atoms. The highest BCUT2D eigenvalue weighted by Crippen LogP contribution is 2.60. The Morgan fingerprint density at radius 3 is 1.88 bits per heavy atom. The van der Waals surface area contributed by atoms with Crippen molar-refractivity contribution in [1.82, 2.24) is 15.0 Å². The van der Waals surface area contributed by atoms with E-state index in [1.54, 1.807) is 18.5 Å². The lowest BCUT2D eigenvalue weighted by Gasteiger charge is -2.43. The minimum Gasteiger partial charge on any atom is -0.264 e. The lowest BCUT2D eigenvalue weighted by atomic mass is 9.62. The summed E-state index contributed by atoms with van der Waals surface area (Å²) in [5.74, 6) is 0.570. The first-order valence-corrected chi connectivity index (χ1v) is 20.1. The quantitative estimate of drug-likeness (QED) is 0.180. The molecule has 1 unspecified atom stereocenters. The van der Waals surface area contributed by atoms with Gasteiger partial charge < -0.3 is 0 Å². The van der Waals surface area contributed by atoms with Crippen LogP contribution in [0.2, 0.25) is 0 Å². The molecule has 2 aliphatic rings. The highest BCUT2D eigenvalue weighted by Gasteiger charge is 2.52. The third kappa shape index (κ3) is 4.60. The summed E-state index contributed by atoms with van der Waals surface area (Å²) in [4.78, 5) is 15.3. The van der Waals surface area contributed by atoms with Crippen molar-refractivity contribution in [2.75, 3.05) is 0 Å². The van der Waals surface area contributed by atoms with Crippen LogP contribution in [0.25, 0.3) is 66.9 Å². The van der Waals surface area contributed by atoms with E-state index in [9.17, 15) is 0 Å². The predicted octanol–water partition coefficient (Wildman–Crippen LogP) is 11.2. The van der Waals surface area contributed by atoms with E-state index in [0.717, 1.165) is 78.0 Å². The summed E-state index contributed by atoms with van der Waals surface area (Å²) in [5.41, 5.74) is 10.9. The second kappa shape index (κ2) is 12.2. The van der Waals surface area contributed by atoms with Gasteiger partial charge >= 0.3 is 0 Å². The van der Waals surface area contributed by atoms with Crippen LogP contribution in [0.5, 0.6) is 0 Å². The lowest BCUT2D eigenvalue weighted by Crippen LogP contribution is -2.38. The Bertz CT molecular complexity index is 3110. The molecule has 0 N–H and O–H groups in total. The molecule has 9 aromatic rings. The third-order valence-corrected chi connectivity index (χ3v) is 13.3. The summed E-state index contributed by atoms with van der Waals surface area (Å²) in [6.07, 6.45) is 3.53. The Morgan fingerprint density at radius 2 is 1.09 bits per heavy atom. The summed E-state index contributed by atoms with van der Waals surface area (Å²) >= 11 is 0. The van der Waals surface area contributed by atoms with Gasteiger partial charge in [-0.2, -0.15) is 0 Å². The van der Waals surface area contributed by atoms with E-state index in [1.807, 2.05) is 84.9 Å². The van der Waals surface area contributed by atoms with Crippen molar-refractivity contribution in [3.63, 3.8) is 0 Å². The average Bonchev–Trinajstić information content (AvgIpc) is 3.37. The van der Waals surface area contributed by atoms with Gasteiger partial charge in [-0.05, 0) is 80.2 Å². The van der Waals surface area contributed by atoms with Crippen LogP contribution in [0.1, 0.15) is 22.3 Å². The maximum atomic E-state index is 15.1. The van der Waals surface area contributed by atoms with Crippen LogP contribution in [0.4, 0.5) is 0 Å². The summed E-state index contributed by atoms with van der Waals surface area (Å²) in [7, 11) is -3.95. The van der Waals surface area contributed by atoms with Crippen molar-refractivity contribution in [2.24, 2.45) is 0 Å². The Labute approximate surface area is 324 Å². The number of fused-ring (bicyclic) bond motifs is 13. The van der Waals surface area contributed by atoms with Gasteiger partial charge in [0.15, 0.2) is 5.82 Å². The van der Waals surface area contributed by atoms with Crippen molar-refractivity contribution in [2.45, 2.75) is 15.2 Å². The maximum absolute atomic E-state index is 15.1. The van der Waals surface area contributed by atoms with Gasteiger partial charge in [0.1, 0.15) is 0 Å². The molecule has 0 fully saturated rings. The SMILES string of the molecule is O=S1(=O)c2ccccc2C2(c3ccccc3-c3ccccc3-c3ccc(-c4cc(-c5ccccc5)nc(-c5cccnc5)n4)cc32)c2ccc3ccccc3c21. The molecule has 2 aromatic heterocycles. The number of hydrogen-bond acceptors (Lipinski definition) is 5. The fourth-order valence-corrected chi connectivity index (χ4v) is 11.0. The highest BCUT2D eigenvalue weighted by atomic mass is 32.2. The van der Waals surface area contributed by atoms with Crippen LogP contribution in [0, 0.1) is 0 Å². The first-order chi connectivity index (χ1) is 27.5. The predicted molar refractivity (Wildman–Crippen MR) is 222 cm³/mol. The van der Waals surface area contributed by atoms with E-state index in [2.05, 4.69) is 89.9 Å². The van der Waals surface area contributed by atoms with Gasteiger partial charge in [-0.1, -0.05) is 146 Å². The molecular formula is C50H31N3O2S. The molecule has 0 radical (unpaired) electrons. The zero-order valence-electron chi connectivity index (χ0n) is 30.0. The Hall–Kier alpha value is -7.02. The molecule has 6 heteroatoms. The van der Waals surface area contributed by atoms with Gasteiger partial charge in [-0.25, -0.2) is 18.4 Å². The smallest absolute Gasteiger partial charge is 0.207 e. The van der Waals surface area contributed by atoms with E-state index in [4.69, 9.17) is 9.97 Å². The van der Waals surface area contributed by atoms with Crippen LogP contribution >= 0.6 is 0 Å². The Balaban J connectivity index is 1.31. The van der Waals surface area contributed by atoms with Gasteiger partial charge in [-0.3, -0.25) is 4.98 Å². The maximum Gasteiger partial charge on any atom is 0.207 e. The largest absolute Gasteiger partial charge is 0.264 e. The van der Waals surface area contributed by atoms with Gasteiger partial charge in [0.2, 0.25) is 9.84 Å². The molecule has 56 heavy (non-hydrogen) atoms. The zero-order valence-corrected chi connectivity index (χ0v) is 30.8. The third-order valence-electron chi connectivity index (χ3n) is 11.4. The number of nitrogens with zero attached hydrogens (tertiary/aromatic N) is 3. The van der Waals surface area contributed by atoms with Crippen molar-refractivity contribution >= 4 is 20.6 Å². The number of hydrogen-bond donors (Lipinski definition) is 0. The molecule has 0 amide bonds. The van der Waals surface area contributed by atoms with Crippen LogP contribution in [0.3, 0.4) is 0 Å². The Kier molecular flexibility index (Phi) is 7.09. The minimum absolute atomic E-state index is 0.313. The highest BCUT2D eigenvalue weighted by molar-refractivity contribution is 7.92. The van der Waals surface area contributed by atoms with E-state index >= 15 is 8.42 Å². The molecule has 1 aliphatic carbocycles. The minimum atomic E-state index is -3.95. The molecule has 264 valence electrons. The van der Waals surface area contributed by atoms with Gasteiger partial charge in [0, 0.05) is 34.5 Å². The van der Waals surface area contributed by atoms with Crippen LogP contribution < -0.4 is 0 Å². The molecule has 5 nitrogen and oxygen atoms in total. The standard InChI is InChI=1S/C50H31N3O2S/c54-56(55)47-23-11-10-22-42(47)50(43-27-25-32-13-4-5-17-36(32)48(43)56)41-21-9-8-20-39(41)37-18-6-7-19-38(37)40-26-24-34(29-44(40)50)46-30-45(33-14-2-1-3-15-33)52-49(53-46)35-16-12-28-51-31-35/h1-31H. The number of sulfone groups is 1. The number of pyridine rings is 1. The molecule has 1 aliphatic heterocycles. The van der Waals surface area contributed by atoms with Gasteiger partial charge in [0.05, 0.1) is 26.6 Å². The topological polar surface area (TPSA) is 72.8 Å². The average molecular weight is 738 g/mol. The number of aromatic nitrogens is 3. The normalized spacial score (nSPS) is 15.9. The molecule has 0 saturated carbocycles. The van der Waals surface area contributed by atoms with Crippen molar-refractivity contribution < 1.29 is 8.42 Å². The van der Waals surface area contributed by atoms with Crippen molar-refractivity contribution in [3.8, 4) is 56.2 Å². The first kappa shape index (κ1) is 32.4. The monoisotopic (exact) mass is 737 g/mol. The van der Waals surface area contributed by atoms with Crippen LogP contribution in [0.15, 0.2) is 198 Å². The van der Waals surface area contributed by atoms with E-state index in [-0.39, 0.29) is 0 Å². The second-order valence-corrected chi connectivity index (χ2v) is 16.2. The molecule has 0 saturated heterocycles. The summed E-state index contributed by atoms with van der Waals surface area (Å²) < 4.78 is 30.1.